The zero-order valence-corrected chi connectivity index (χ0v) is 42.4. The summed E-state index contributed by atoms with van der Waals surface area (Å²) in [6, 6.07) is 25.6. The van der Waals surface area contributed by atoms with E-state index in [1.807, 2.05) is 53.7 Å². The van der Waals surface area contributed by atoms with Crippen molar-refractivity contribution in [3.8, 4) is 47.9 Å². The van der Waals surface area contributed by atoms with Gasteiger partial charge in [0.2, 0.25) is 0 Å². The van der Waals surface area contributed by atoms with Gasteiger partial charge in [-0.1, -0.05) is 42.0 Å². The van der Waals surface area contributed by atoms with Crippen molar-refractivity contribution in [1.29, 1.82) is 0 Å². The second kappa shape index (κ2) is 29.6. The molecule has 0 aliphatic carbocycles. The molecule has 0 bridgehead atoms. The first-order valence-electron chi connectivity index (χ1n) is 21.2. The normalized spacial score (nSPS) is 12.0. The van der Waals surface area contributed by atoms with Crippen molar-refractivity contribution in [3.63, 3.8) is 0 Å². The molecule has 0 saturated heterocycles. The first kappa shape index (κ1) is 58.0. The number of carbonyl (C=O) groups is 6. The maximum Gasteiger partial charge on any atom is 0.268 e. The monoisotopic (exact) mass is 1050 g/mol. The minimum absolute atomic E-state index is 0.366. The fraction of sp³-hybridized carbons (Fsp3) is 0.296. The van der Waals surface area contributed by atoms with Gasteiger partial charge in [0.25, 0.3) is 23.6 Å². The van der Waals surface area contributed by atoms with Crippen molar-refractivity contribution in [2.75, 3.05) is 14.2 Å². The molecular formula is C54H57IN4O10. The van der Waals surface area contributed by atoms with Gasteiger partial charge in [-0.2, -0.15) is 0 Å². The Hall–Kier alpha value is -7.09. The van der Waals surface area contributed by atoms with Crippen LogP contribution in [0.5, 0.6) is 0 Å². The van der Waals surface area contributed by atoms with Gasteiger partial charge in [-0.05, 0) is 174 Å². The van der Waals surface area contributed by atoms with Gasteiger partial charge in [-0.25, -0.2) is 11.0 Å². The van der Waals surface area contributed by atoms with Gasteiger partial charge in [0.1, 0.15) is 24.7 Å². The zero-order valence-electron chi connectivity index (χ0n) is 40.2. The van der Waals surface area contributed by atoms with Crippen LogP contribution < -0.4 is 21.6 Å². The summed E-state index contributed by atoms with van der Waals surface area (Å²) in [6.07, 6.45) is 5.53. The summed E-state index contributed by atoms with van der Waals surface area (Å²) < 4.78 is 12.8. The van der Waals surface area contributed by atoms with E-state index in [4.69, 9.17) is 20.7 Å². The summed E-state index contributed by atoms with van der Waals surface area (Å²) >= 11 is 2.20. The highest BCUT2D eigenvalue weighted by atomic mass is 127. The Morgan fingerprint density at radius 2 is 0.870 bits per heavy atom. The standard InChI is InChI=1S/C27H28N2O5.C20H24N2O4.C7H5IO/c1-19(34-27(2,3)4)24(26(32)29-33-5)28-25(31)23-16-14-21(15-17-23)9-7-6-8-20-10-12-22(18-30)13-11-20;1-7-8-9-15-10-12-16(13-11-15)18(23)21-17(19(24)22-25-6)14(2)26-20(3,4)5;8-7-3-1-6(5-9)2-4-7/h10-19,24H,1-5H3,(H,28,31)(H,29,32);1,10-14,17H,2-6H3,(H,21,23)(H,22,24);1-5H/t19-,24+;14-,17+;/m11./s1. The Morgan fingerprint density at radius 1 is 0.551 bits per heavy atom. The molecule has 0 unspecified atom stereocenters. The van der Waals surface area contributed by atoms with E-state index in [1.165, 1.54) is 14.2 Å². The van der Waals surface area contributed by atoms with Crippen LogP contribution >= 0.6 is 22.6 Å². The molecule has 360 valence electrons. The van der Waals surface area contributed by atoms with Crippen molar-refractivity contribution in [2.24, 2.45) is 0 Å². The van der Waals surface area contributed by atoms with E-state index in [1.54, 1.807) is 98.8 Å². The maximum atomic E-state index is 12.7. The van der Waals surface area contributed by atoms with Crippen LogP contribution in [-0.4, -0.2) is 85.9 Å². The minimum atomic E-state index is -0.956. The van der Waals surface area contributed by atoms with E-state index in [2.05, 4.69) is 90.5 Å². The molecular weight excluding hydrogens is 992 g/mol. The highest BCUT2D eigenvalue weighted by Gasteiger charge is 2.32. The van der Waals surface area contributed by atoms with E-state index < -0.39 is 59.1 Å². The molecule has 4 aromatic rings. The topological polar surface area (TPSA) is 187 Å². The van der Waals surface area contributed by atoms with E-state index in [-0.39, 0.29) is 0 Å². The summed E-state index contributed by atoms with van der Waals surface area (Å²) in [6.45, 7) is 14.6. The number of carbonyl (C=O) groups excluding carboxylic acids is 6. The van der Waals surface area contributed by atoms with Crippen LogP contribution in [0.15, 0.2) is 97.1 Å². The van der Waals surface area contributed by atoms with Crippen LogP contribution in [0.4, 0.5) is 0 Å². The third-order valence-corrected chi connectivity index (χ3v) is 9.38. The van der Waals surface area contributed by atoms with Crippen LogP contribution in [0, 0.1) is 51.4 Å². The third kappa shape index (κ3) is 23.0. The van der Waals surface area contributed by atoms with Crippen LogP contribution in [0.2, 0.25) is 0 Å². The van der Waals surface area contributed by atoms with Crippen molar-refractivity contribution >= 4 is 58.8 Å². The Kier molecular flexibility index (Phi) is 24.9. The molecule has 0 aromatic heterocycles. The number of terminal acetylenes is 1. The molecule has 4 N–H and O–H groups in total. The fourth-order valence-electron chi connectivity index (χ4n) is 5.73. The van der Waals surface area contributed by atoms with Crippen LogP contribution in [-0.2, 0) is 28.7 Å². The van der Waals surface area contributed by atoms with Crippen molar-refractivity contribution < 1.29 is 47.9 Å². The molecule has 0 spiro atoms. The lowest BCUT2D eigenvalue weighted by Crippen LogP contribution is -2.54. The number of hydroxylamine groups is 2. The molecule has 15 heteroatoms. The summed E-state index contributed by atoms with van der Waals surface area (Å²) in [4.78, 5) is 80.0. The van der Waals surface area contributed by atoms with Crippen molar-refractivity contribution in [3.05, 3.63) is 140 Å². The van der Waals surface area contributed by atoms with E-state index in [0.29, 0.717) is 27.8 Å². The number of ether oxygens (including phenoxy) is 2. The molecule has 0 fully saturated rings. The SMILES string of the molecule is C#CC#Cc1ccc(C(=O)N[C@H](C(=O)NOC)[C@@H](C)OC(C)(C)C)cc1.CONC(=O)[C@@H](NC(=O)c1ccc(C#CC#Cc2ccc(C=O)cc2)cc1)[C@@H](C)OC(C)(C)C.O=Cc1ccc(I)cc1. The summed E-state index contributed by atoms with van der Waals surface area (Å²) in [5.74, 6) is 17.0. The molecule has 69 heavy (non-hydrogen) atoms. The molecule has 4 amide bonds. The third-order valence-electron chi connectivity index (χ3n) is 8.66. The van der Waals surface area contributed by atoms with Crippen molar-refractivity contribution in [1.82, 2.24) is 21.6 Å². The van der Waals surface area contributed by atoms with E-state index in [0.717, 1.165) is 27.3 Å². The molecule has 4 aromatic carbocycles. The van der Waals surface area contributed by atoms with Crippen LogP contribution in [0.25, 0.3) is 0 Å². The maximum absolute atomic E-state index is 12.7. The number of amides is 4. The van der Waals surface area contributed by atoms with Gasteiger partial charge in [-0.15, -0.1) is 6.42 Å². The number of hydrogen-bond donors (Lipinski definition) is 4. The van der Waals surface area contributed by atoms with Gasteiger partial charge in [0.05, 0.1) is 37.6 Å². The number of halogens is 1. The lowest BCUT2D eigenvalue weighted by molar-refractivity contribution is -0.141. The Bertz CT molecular complexity index is 2580. The van der Waals surface area contributed by atoms with Crippen LogP contribution in [0.3, 0.4) is 0 Å². The van der Waals surface area contributed by atoms with Crippen LogP contribution in [0.1, 0.15) is 114 Å². The molecule has 14 nitrogen and oxygen atoms in total. The Labute approximate surface area is 418 Å². The van der Waals surface area contributed by atoms with Gasteiger partial charge in [-0.3, -0.25) is 38.4 Å². The number of aldehydes is 2. The smallest absolute Gasteiger partial charge is 0.268 e. The van der Waals surface area contributed by atoms with E-state index in [9.17, 15) is 28.8 Å². The highest BCUT2D eigenvalue weighted by molar-refractivity contribution is 14.1. The summed E-state index contributed by atoms with van der Waals surface area (Å²) in [7, 11) is 2.64. The summed E-state index contributed by atoms with van der Waals surface area (Å²) in [5, 5.41) is 5.38. The quantitative estimate of drug-likeness (QED) is 0.0462. The molecule has 0 aliphatic heterocycles. The number of rotatable bonds is 14. The molecule has 0 heterocycles. The van der Waals surface area contributed by atoms with Gasteiger partial charge >= 0.3 is 0 Å². The highest BCUT2D eigenvalue weighted by Crippen LogP contribution is 2.16. The first-order valence-corrected chi connectivity index (χ1v) is 22.3. The number of benzene rings is 4. The molecule has 0 aliphatic rings. The van der Waals surface area contributed by atoms with Gasteiger partial charge in [0, 0.05) is 42.5 Å². The largest absolute Gasteiger partial charge is 0.370 e. The average molecular weight is 1050 g/mol. The minimum Gasteiger partial charge on any atom is -0.370 e. The number of nitrogens with one attached hydrogen (secondary N) is 4. The molecule has 4 rings (SSSR count). The second-order valence-electron chi connectivity index (χ2n) is 16.6. The Balaban J connectivity index is 0.000000409. The zero-order chi connectivity index (χ0) is 51.6. The lowest BCUT2D eigenvalue weighted by atomic mass is 10.1. The molecule has 0 saturated carbocycles. The summed E-state index contributed by atoms with van der Waals surface area (Å²) in [5.41, 5.74) is 7.69. The lowest BCUT2D eigenvalue weighted by Gasteiger charge is -2.30. The predicted molar refractivity (Wildman–Crippen MR) is 272 cm³/mol. The Morgan fingerprint density at radius 3 is 1.17 bits per heavy atom. The molecule has 4 atom stereocenters. The van der Waals surface area contributed by atoms with Crippen molar-refractivity contribution in [2.45, 2.75) is 90.9 Å². The average Bonchev–Trinajstić information content (AvgIpc) is 3.30. The second-order valence-corrected chi connectivity index (χ2v) is 17.8. The molecule has 0 radical (unpaired) electrons. The van der Waals surface area contributed by atoms with Gasteiger partial charge in [0.15, 0.2) is 0 Å². The van der Waals surface area contributed by atoms with Gasteiger partial charge < -0.3 is 20.1 Å². The number of hydrogen-bond acceptors (Lipinski definition) is 10. The predicted octanol–water partition coefficient (Wildman–Crippen LogP) is 6.64. The first-order chi connectivity index (χ1) is 32.6. The van der Waals surface area contributed by atoms with E-state index >= 15 is 0 Å². The fourth-order valence-corrected chi connectivity index (χ4v) is 6.09.